The van der Waals surface area contributed by atoms with Crippen LogP contribution in [0.1, 0.15) is 59.8 Å². The molecule has 0 aromatic heterocycles. The highest BCUT2D eigenvalue weighted by molar-refractivity contribution is 5.85. The summed E-state index contributed by atoms with van der Waals surface area (Å²) in [6.07, 6.45) is 6.09. The lowest BCUT2D eigenvalue weighted by atomic mass is 9.79. The second-order valence-electron chi connectivity index (χ2n) is 8.30. The molecule has 142 valence electrons. The molecule has 3 N–H and O–H groups in total. The maximum Gasteiger partial charge on any atom is 0.237 e. The summed E-state index contributed by atoms with van der Waals surface area (Å²) in [7, 11) is 0. The number of hydrogen-bond acceptors (Lipinski definition) is 4. The van der Waals surface area contributed by atoms with Crippen molar-refractivity contribution in [2.24, 2.45) is 11.7 Å². The minimum atomic E-state index is -0.420. The SMILES string of the molecule is CC(C)[C@H](N)C(=O)NCC1(N2CCOC(C)(C)C2)CCCCC1.Cl. The number of nitrogens with two attached hydrogens (primary N) is 1. The van der Waals surface area contributed by atoms with E-state index in [4.69, 9.17) is 10.5 Å². The number of halogens is 1. The molecule has 5 nitrogen and oxygen atoms in total. The fourth-order valence-corrected chi connectivity index (χ4v) is 3.91. The topological polar surface area (TPSA) is 67.6 Å². The third-order valence-electron chi connectivity index (χ3n) is 5.49. The highest BCUT2D eigenvalue weighted by atomic mass is 35.5. The van der Waals surface area contributed by atoms with Crippen LogP contribution in [0.5, 0.6) is 0 Å². The van der Waals surface area contributed by atoms with Gasteiger partial charge in [-0.05, 0) is 32.6 Å². The number of morpholine rings is 1. The average molecular weight is 362 g/mol. The first-order chi connectivity index (χ1) is 10.8. The molecule has 0 aromatic carbocycles. The molecule has 1 saturated carbocycles. The first-order valence-electron chi connectivity index (χ1n) is 9.18. The normalized spacial score (nSPS) is 24.9. The Hall–Kier alpha value is -0.360. The Morgan fingerprint density at radius 2 is 1.88 bits per heavy atom. The third-order valence-corrected chi connectivity index (χ3v) is 5.49. The van der Waals surface area contributed by atoms with Gasteiger partial charge < -0.3 is 15.8 Å². The predicted molar refractivity (Wildman–Crippen MR) is 100 cm³/mol. The van der Waals surface area contributed by atoms with Gasteiger partial charge in [0.05, 0.1) is 18.2 Å². The number of nitrogens with zero attached hydrogens (tertiary/aromatic N) is 1. The van der Waals surface area contributed by atoms with Crippen LogP contribution >= 0.6 is 12.4 Å². The number of rotatable bonds is 5. The summed E-state index contributed by atoms with van der Waals surface area (Å²) < 4.78 is 5.88. The molecule has 0 aromatic rings. The molecule has 1 heterocycles. The van der Waals surface area contributed by atoms with Crippen LogP contribution in [-0.2, 0) is 9.53 Å². The van der Waals surface area contributed by atoms with Gasteiger partial charge >= 0.3 is 0 Å². The first-order valence-corrected chi connectivity index (χ1v) is 9.18. The van der Waals surface area contributed by atoms with Crippen molar-refractivity contribution >= 4 is 18.3 Å². The van der Waals surface area contributed by atoms with Gasteiger partial charge in [0.25, 0.3) is 0 Å². The number of nitrogens with one attached hydrogen (secondary N) is 1. The Labute approximate surface area is 153 Å². The molecule has 0 spiro atoms. The van der Waals surface area contributed by atoms with Crippen LogP contribution in [0.15, 0.2) is 0 Å². The zero-order chi connectivity index (χ0) is 17.1. The Bertz CT molecular complexity index is 409. The van der Waals surface area contributed by atoms with Crippen molar-refractivity contribution in [3.05, 3.63) is 0 Å². The molecule has 24 heavy (non-hydrogen) atoms. The van der Waals surface area contributed by atoms with E-state index in [0.29, 0.717) is 6.54 Å². The van der Waals surface area contributed by atoms with Gasteiger partial charge in [0, 0.05) is 25.2 Å². The Kier molecular flexibility index (Phi) is 7.98. The van der Waals surface area contributed by atoms with Gasteiger partial charge in [-0.1, -0.05) is 33.1 Å². The zero-order valence-corrected chi connectivity index (χ0v) is 16.6. The fraction of sp³-hybridized carbons (Fsp3) is 0.944. The van der Waals surface area contributed by atoms with Gasteiger partial charge in [-0.15, -0.1) is 12.4 Å². The molecular weight excluding hydrogens is 326 g/mol. The molecule has 1 aliphatic carbocycles. The molecule has 1 aliphatic heterocycles. The maximum atomic E-state index is 12.3. The Morgan fingerprint density at radius 3 is 2.42 bits per heavy atom. The van der Waals surface area contributed by atoms with Crippen molar-refractivity contribution in [1.82, 2.24) is 10.2 Å². The molecule has 2 rings (SSSR count). The van der Waals surface area contributed by atoms with E-state index in [1.807, 2.05) is 13.8 Å². The van der Waals surface area contributed by atoms with Gasteiger partial charge in [0.2, 0.25) is 5.91 Å². The predicted octanol–water partition coefficient (Wildman–Crippen LogP) is 2.32. The van der Waals surface area contributed by atoms with Gasteiger partial charge in [0.15, 0.2) is 0 Å². The second kappa shape index (κ2) is 8.84. The van der Waals surface area contributed by atoms with Crippen LogP contribution in [0.3, 0.4) is 0 Å². The highest BCUT2D eigenvalue weighted by Crippen LogP contribution is 2.36. The Morgan fingerprint density at radius 1 is 1.25 bits per heavy atom. The summed E-state index contributed by atoms with van der Waals surface area (Å²) in [5, 5.41) is 3.15. The van der Waals surface area contributed by atoms with Crippen molar-refractivity contribution < 1.29 is 9.53 Å². The molecule has 2 aliphatic rings. The van der Waals surface area contributed by atoms with E-state index >= 15 is 0 Å². The summed E-state index contributed by atoms with van der Waals surface area (Å²) in [6.45, 7) is 11.7. The summed E-state index contributed by atoms with van der Waals surface area (Å²) >= 11 is 0. The molecule has 0 bridgehead atoms. The van der Waals surface area contributed by atoms with Gasteiger partial charge in [-0.2, -0.15) is 0 Å². The summed E-state index contributed by atoms with van der Waals surface area (Å²) in [5.41, 5.74) is 5.96. The molecular formula is C18H36ClN3O2. The minimum Gasteiger partial charge on any atom is -0.373 e. The molecule has 6 heteroatoms. The smallest absolute Gasteiger partial charge is 0.237 e. The largest absolute Gasteiger partial charge is 0.373 e. The van der Waals surface area contributed by atoms with Crippen LogP contribution in [0, 0.1) is 5.92 Å². The number of hydrogen-bond donors (Lipinski definition) is 2. The van der Waals surface area contributed by atoms with Crippen molar-refractivity contribution in [3.8, 4) is 0 Å². The van der Waals surface area contributed by atoms with Crippen LogP contribution in [-0.4, -0.2) is 54.2 Å². The van der Waals surface area contributed by atoms with Crippen molar-refractivity contribution in [3.63, 3.8) is 0 Å². The number of amides is 1. The summed E-state index contributed by atoms with van der Waals surface area (Å²) in [5.74, 6) is 0.150. The van der Waals surface area contributed by atoms with Crippen molar-refractivity contribution in [2.45, 2.75) is 77.0 Å². The van der Waals surface area contributed by atoms with Crippen molar-refractivity contribution in [2.75, 3.05) is 26.2 Å². The number of ether oxygens (including phenoxy) is 1. The summed E-state index contributed by atoms with van der Waals surface area (Å²) in [6, 6.07) is -0.420. The van der Waals surface area contributed by atoms with E-state index in [0.717, 1.165) is 32.5 Å². The third kappa shape index (κ3) is 5.32. The standard InChI is InChI=1S/C18H35N3O2.ClH/c1-14(2)15(19)16(22)20-12-18(8-6-5-7-9-18)21-10-11-23-17(3,4)13-21;/h14-15H,5-13,19H2,1-4H3,(H,20,22);1H/t15-;/m0./s1. The number of carbonyl (C=O) groups excluding carboxylic acids is 1. The van der Waals surface area contributed by atoms with Crippen LogP contribution in [0.25, 0.3) is 0 Å². The molecule has 1 amide bonds. The van der Waals surface area contributed by atoms with Crippen LogP contribution in [0.4, 0.5) is 0 Å². The van der Waals surface area contributed by atoms with Crippen molar-refractivity contribution in [1.29, 1.82) is 0 Å². The highest BCUT2D eigenvalue weighted by Gasteiger charge is 2.42. The first kappa shape index (κ1) is 21.7. The minimum absolute atomic E-state index is 0. The summed E-state index contributed by atoms with van der Waals surface area (Å²) in [4.78, 5) is 14.9. The van der Waals surface area contributed by atoms with E-state index in [1.54, 1.807) is 0 Å². The van der Waals surface area contributed by atoms with Crippen LogP contribution in [0.2, 0.25) is 0 Å². The number of carbonyl (C=O) groups is 1. The molecule has 2 fully saturated rings. The maximum absolute atomic E-state index is 12.3. The van der Waals surface area contributed by atoms with E-state index < -0.39 is 6.04 Å². The van der Waals surface area contributed by atoms with Crippen LogP contribution < -0.4 is 11.1 Å². The molecule has 1 saturated heterocycles. The second-order valence-corrected chi connectivity index (χ2v) is 8.30. The van der Waals surface area contributed by atoms with E-state index in [9.17, 15) is 4.79 Å². The fourth-order valence-electron chi connectivity index (χ4n) is 3.91. The van der Waals surface area contributed by atoms with Gasteiger partial charge in [0.1, 0.15) is 0 Å². The molecule has 1 atom stereocenters. The lowest BCUT2D eigenvalue weighted by molar-refractivity contribution is -0.130. The van der Waals surface area contributed by atoms with E-state index in [1.165, 1.54) is 19.3 Å². The zero-order valence-electron chi connectivity index (χ0n) is 15.8. The Balaban J connectivity index is 0.00000288. The van der Waals surface area contributed by atoms with Gasteiger partial charge in [-0.25, -0.2) is 0 Å². The lowest BCUT2D eigenvalue weighted by Gasteiger charge is -2.51. The quantitative estimate of drug-likeness (QED) is 0.788. The molecule has 0 unspecified atom stereocenters. The van der Waals surface area contributed by atoms with E-state index in [-0.39, 0.29) is 35.4 Å². The average Bonchev–Trinajstić information content (AvgIpc) is 2.51. The van der Waals surface area contributed by atoms with E-state index in [2.05, 4.69) is 24.1 Å². The molecule has 0 radical (unpaired) electrons. The lowest BCUT2D eigenvalue weighted by Crippen LogP contribution is -2.63. The monoisotopic (exact) mass is 361 g/mol. The van der Waals surface area contributed by atoms with Gasteiger partial charge in [-0.3, -0.25) is 9.69 Å².